The SMILES string of the molecule is C1=Nc2ncnc3nccc1c23. The van der Waals surface area contributed by atoms with E-state index in [9.17, 15) is 0 Å². The molecule has 1 aliphatic heterocycles. The second-order valence-corrected chi connectivity index (χ2v) is 2.55. The second-order valence-electron chi connectivity index (χ2n) is 2.55. The van der Waals surface area contributed by atoms with E-state index >= 15 is 0 Å². The normalized spacial score (nSPS) is 12.7. The Balaban J connectivity index is 2.64. The van der Waals surface area contributed by atoms with Crippen LogP contribution in [0.4, 0.5) is 5.82 Å². The van der Waals surface area contributed by atoms with Crippen molar-refractivity contribution in [3.05, 3.63) is 24.2 Å². The van der Waals surface area contributed by atoms with Crippen LogP contribution in [0.5, 0.6) is 0 Å². The molecule has 1 aliphatic rings. The fourth-order valence-electron chi connectivity index (χ4n) is 1.33. The highest BCUT2D eigenvalue weighted by molar-refractivity contribution is 6.07. The largest absolute Gasteiger partial charge is 0.236 e. The molecule has 4 nitrogen and oxygen atoms in total. The van der Waals surface area contributed by atoms with Crippen molar-refractivity contribution in [1.82, 2.24) is 15.0 Å². The first-order valence-electron chi connectivity index (χ1n) is 3.59. The molecule has 0 atom stereocenters. The molecule has 0 saturated heterocycles. The number of aliphatic imine (C=N–C) groups is 1. The quantitative estimate of drug-likeness (QED) is 0.489. The lowest BCUT2D eigenvalue weighted by molar-refractivity contribution is 1.18. The summed E-state index contributed by atoms with van der Waals surface area (Å²) in [5.74, 6) is 0.725. The van der Waals surface area contributed by atoms with Crippen LogP contribution in [0, 0.1) is 0 Å². The van der Waals surface area contributed by atoms with Gasteiger partial charge in [-0.3, -0.25) is 0 Å². The lowest BCUT2D eigenvalue weighted by Crippen LogP contribution is -1.86. The molecular formula is C8H4N4. The van der Waals surface area contributed by atoms with Crippen LogP contribution in [0.2, 0.25) is 0 Å². The van der Waals surface area contributed by atoms with Crippen molar-refractivity contribution in [2.24, 2.45) is 4.99 Å². The van der Waals surface area contributed by atoms with Gasteiger partial charge in [0.15, 0.2) is 11.5 Å². The van der Waals surface area contributed by atoms with Gasteiger partial charge in [-0.2, -0.15) is 0 Å². The van der Waals surface area contributed by atoms with Gasteiger partial charge in [0, 0.05) is 18.0 Å². The Bertz CT molecular complexity index is 449. The molecule has 4 heteroatoms. The number of aromatic nitrogens is 3. The molecule has 0 fully saturated rings. The van der Waals surface area contributed by atoms with E-state index in [2.05, 4.69) is 19.9 Å². The molecule has 0 radical (unpaired) electrons. The molecule has 0 amide bonds. The van der Waals surface area contributed by atoms with Crippen molar-refractivity contribution in [1.29, 1.82) is 0 Å². The summed E-state index contributed by atoms with van der Waals surface area (Å²) in [6.07, 6.45) is 5.00. The monoisotopic (exact) mass is 156 g/mol. The first-order valence-corrected chi connectivity index (χ1v) is 3.59. The molecule has 3 rings (SSSR count). The average molecular weight is 156 g/mol. The molecule has 0 saturated carbocycles. The predicted molar refractivity (Wildman–Crippen MR) is 44.6 cm³/mol. The summed E-state index contributed by atoms with van der Waals surface area (Å²) in [5, 5.41) is 0.958. The van der Waals surface area contributed by atoms with Crippen molar-refractivity contribution in [2.45, 2.75) is 0 Å². The first-order chi connectivity index (χ1) is 5.95. The first kappa shape index (κ1) is 5.77. The lowest BCUT2D eigenvalue weighted by atomic mass is 10.2. The van der Waals surface area contributed by atoms with E-state index in [4.69, 9.17) is 0 Å². The zero-order valence-electron chi connectivity index (χ0n) is 6.10. The predicted octanol–water partition coefficient (Wildman–Crippen LogP) is 1.09. The average Bonchev–Trinajstić information content (AvgIpc) is 2.52. The Morgan fingerprint density at radius 1 is 1.08 bits per heavy atom. The number of nitrogens with zero attached hydrogens (tertiary/aromatic N) is 4. The minimum absolute atomic E-state index is 0.718. The maximum Gasteiger partial charge on any atom is 0.165 e. The number of hydrogen-bond acceptors (Lipinski definition) is 4. The zero-order valence-corrected chi connectivity index (χ0v) is 6.10. The van der Waals surface area contributed by atoms with Gasteiger partial charge in [-0.1, -0.05) is 0 Å². The van der Waals surface area contributed by atoms with Crippen molar-refractivity contribution in [2.75, 3.05) is 0 Å². The van der Waals surface area contributed by atoms with E-state index in [1.807, 2.05) is 6.07 Å². The fraction of sp³-hybridized carbons (Fsp3) is 0. The molecule has 0 N–H and O–H groups in total. The Labute approximate surface area is 68.0 Å². The van der Waals surface area contributed by atoms with E-state index in [0.717, 1.165) is 22.4 Å². The molecule has 2 aromatic rings. The van der Waals surface area contributed by atoms with Gasteiger partial charge in [-0.25, -0.2) is 19.9 Å². The van der Waals surface area contributed by atoms with Gasteiger partial charge < -0.3 is 0 Å². The smallest absolute Gasteiger partial charge is 0.165 e. The summed E-state index contributed by atoms with van der Waals surface area (Å²) in [5.41, 5.74) is 1.77. The molecule has 56 valence electrons. The minimum atomic E-state index is 0.718. The van der Waals surface area contributed by atoms with Crippen LogP contribution >= 0.6 is 0 Å². The van der Waals surface area contributed by atoms with Crippen LogP contribution in [0.15, 0.2) is 23.6 Å². The maximum atomic E-state index is 4.13. The van der Waals surface area contributed by atoms with Crippen LogP contribution in [-0.2, 0) is 0 Å². The molecule has 0 unspecified atom stereocenters. The van der Waals surface area contributed by atoms with Crippen molar-refractivity contribution >= 4 is 23.1 Å². The zero-order chi connectivity index (χ0) is 7.97. The molecular weight excluding hydrogens is 152 g/mol. The maximum absolute atomic E-state index is 4.13. The third-order valence-corrected chi connectivity index (χ3v) is 1.87. The third-order valence-electron chi connectivity index (χ3n) is 1.87. The van der Waals surface area contributed by atoms with E-state index in [0.29, 0.717) is 0 Å². The van der Waals surface area contributed by atoms with E-state index in [1.165, 1.54) is 6.33 Å². The van der Waals surface area contributed by atoms with Gasteiger partial charge in [-0.05, 0) is 6.07 Å². The summed E-state index contributed by atoms with van der Waals surface area (Å²) >= 11 is 0. The Hall–Kier alpha value is -1.84. The highest BCUT2D eigenvalue weighted by Crippen LogP contribution is 2.27. The number of pyridine rings is 1. The molecule has 3 heterocycles. The number of rotatable bonds is 0. The molecule has 0 bridgehead atoms. The van der Waals surface area contributed by atoms with Gasteiger partial charge in [0.25, 0.3) is 0 Å². The summed E-state index contributed by atoms with van der Waals surface area (Å²) in [4.78, 5) is 16.3. The van der Waals surface area contributed by atoms with Gasteiger partial charge in [0.1, 0.15) is 6.33 Å². The summed E-state index contributed by atoms with van der Waals surface area (Å²) in [6, 6.07) is 1.91. The summed E-state index contributed by atoms with van der Waals surface area (Å²) < 4.78 is 0. The van der Waals surface area contributed by atoms with E-state index in [1.54, 1.807) is 12.4 Å². The minimum Gasteiger partial charge on any atom is -0.236 e. The Morgan fingerprint density at radius 3 is 3.08 bits per heavy atom. The molecule has 0 aliphatic carbocycles. The Morgan fingerprint density at radius 2 is 2.08 bits per heavy atom. The topological polar surface area (TPSA) is 51.0 Å². The van der Waals surface area contributed by atoms with Crippen molar-refractivity contribution in [3.8, 4) is 0 Å². The standard InChI is InChI=1S/C8H4N4/c1-2-9-7-6-5(1)3-10-8(6)12-4-11-7/h1-4H. The summed E-state index contributed by atoms with van der Waals surface area (Å²) in [6.45, 7) is 0. The van der Waals surface area contributed by atoms with Crippen LogP contribution in [-0.4, -0.2) is 21.2 Å². The lowest BCUT2D eigenvalue weighted by Gasteiger charge is -1.95. The highest BCUT2D eigenvalue weighted by atomic mass is 15.0. The highest BCUT2D eigenvalue weighted by Gasteiger charge is 2.11. The van der Waals surface area contributed by atoms with Crippen molar-refractivity contribution < 1.29 is 0 Å². The van der Waals surface area contributed by atoms with Crippen LogP contribution in [0.1, 0.15) is 5.56 Å². The Kier molecular flexibility index (Phi) is 0.889. The fourth-order valence-corrected chi connectivity index (χ4v) is 1.33. The third kappa shape index (κ3) is 0.567. The van der Waals surface area contributed by atoms with Crippen LogP contribution in [0.3, 0.4) is 0 Å². The molecule has 0 spiro atoms. The summed E-state index contributed by atoms with van der Waals surface area (Å²) in [7, 11) is 0. The molecule has 12 heavy (non-hydrogen) atoms. The van der Waals surface area contributed by atoms with Gasteiger partial charge in [0.05, 0.1) is 5.39 Å². The van der Waals surface area contributed by atoms with Gasteiger partial charge in [-0.15, -0.1) is 0 Å². The molecule has 0 aromatic carbocycles. The van der Waals surface area contributed by atoms with E-state index < -0.39 is 0 Å². The van der Waals surface area contributed by atoms with Crippen molar-refractivity contribution in [3.63, 3.8) is 0 Å². The van der Waals surface area contributed by atoms with Gasteiger partial charge >= 0.3 is 0 Å². The number of hydrogen-bond donors (Lipinski definition) is 0. The van der Waals surface area contributed by atoms with E-state index in [-0.39, 0.29) is 0 Å². The molecule has 2 aromatic heterocycles. The second kappa shape index (κ2) is 1.85. The van der Waals surface area contributed by atoms with Crippen LogP contribution < -0.4 is 0 Å². The van der Waals surface area contributed by atoms with Crippen LogP contribution in [0.25, 0.3) is 11.0 Å². The van der Waals surface area contributed by atoms with Gasteiger partial charge in [0.2, 0.25) is 0 Å².